The van der Waals surface area contributed by atoms with Crippen LogP contribution >= 0.6 is 35.6 Å². The van der Waals surface area contributed by atoms with Gasteiger partial charge in [0.1, 0.15) is 5.15 Å². The predicted molar refractivity (Wildman–Crippen MR) is 117 cm³/mol. The third-order valence-electron chi connectivity index (χ3n) is 3.63. The molecule has 0 aliphatic rings. The first-order chi connectivity index (χ1) is 11.6. The van der Waals surface area contributed by atoms with Crippen LogP contribution in [0.15, 0.2) is 47.6 Å². The van der Waals surface area contributed by atoms with Crippen molar-refractivity contribution in [3.05, 3.63) is 58.9 Å². The highest BCUT2D eigenvalue weighted by Crippen LogP contribution is 2.11. The van der Waals surface area contributed by atoms with E-state index < -0.39 is 0 Å². The number of aliphatic imine (C=N–C) groups is 1. The minimum atomic E-state index is 0. The number of pyridine rings is 1. The third-order valence-corrected chi connectivity index (χ3v) is 3.85. The first-order valence-corrected chi connectivity index (χ1v) is 8.27. The van der Waals surface area contributed by atoms with Crippen LogP contribution in [-0.2, 0) is 13.0 Å². The molecule has 0 saturated carbocycles. The van der Waals surface area contributed by atoms with Crippen LogP contribution in [0.1, 0.15) is 11.1 Å². The van der Waals surface area contributed by atoms with Crippen molar-refractivity contribution in [1.82, 2.24) is 15.6 Å². The fourth-order valence-corrected chi connectivity index (χ4v) is 2.31. The fraction of sp³-hybridized carbons (Fsp3) is 0.333. The van der Waals surface area contributed by atoms with Gasteiger partial charge in [-0.15, -0.1) is 24.0 Å². The molecule has 5 nitrogen and oxygen atoms in total. The maximum atomic E-state index is 5.79. The van der Waals surface area contributed by atoms with E-state index in [-0.39, 0.29) is 24.0 Å². The molecule has 136 valence electrons. The molecule has 7 heteroatoms. The van der Waals surface area contributed by atoms with Crippen molar-refractivity contribution < 1.29 is 0 Å². The maximum absolute atomic E-state index is 5.79. The molecule has 0 fully saturated rings. The van der Waals surface area contributed by atoms with Crippen LogP contribution in [0.3, 0.4) is 0 Å². The minimum Gasteiger partial charge on any atom is -0.378 e. The average Bonchev–Trinajstić information content (AvgIpc) is 2.60. The number of anilines is 1. The summed E-state index contributed by atoms with van der Waals surface area (Å²) < 4.78 is 0. The molecule has 0 saturated heterocycles. The molecule has 1 heterocycles. The van der Waals surface area contributed by atoms with Gasteiger partial charge in [-0.3, -0.25) is 4.99 Å². The Hall–Kier alpha value is -1.54. The molecule has 0 bridgehead atoms. The van der Waals surface area contributed by atoms with E-state index in [9.17, 15) is 0 Å². The lowest BCUT2D eigenvalue weighted by Gasteiger charge is -2.14. The molecule has 0 spiro atoms. The summed E-state index contributed by atoms with van der Waals surface area (Å²) in [5.41, 5.74) is 3.55. The molecule has 0 amide bonds. The number of rotatable bonds is 6. The summed E-state index contributed by atoms with van der Waals surface area (Å²) in [5, 5.41) is 7.14. The zero-order valence-electron chi connectivity index (χ0n) is 14.8. The summed E-state index contributed by atoms with van der Waals surface area (Å²) in [6, 6.07) is 12.3. The Bertz CT molecular complexity index is 656. The van der Waals surface area contributed by atoms with Crippen molar-refractivity contribution >= 4 is 47.2 Å². The molecule has 2 rings (SSSR count). The van der Waals surface area contributed by atoms with Gasteiger partial charge in [0.05, 0.1) is 0 Å². The lowest BCUT2D eigenvalue weighted by Crippen LogP contribution is -2.37. The van der Waals surface area contributed by atoms with Crippen LogP contribution in [0.5, 0.6) is 0 Å². The normalized spacial score (nSPS) is 10.8. The molecule has 0 radical (unpaired) electrons. The highest BCUT2D eigenvalue weighted by molar-refractivity contribution is 14.0. The largest absolute Gasteiger partial charge is 0.378 e. The second-order valence-electron chi connectivity index (χ2n) is 5.65. The predicted octanol–water partition coefficient (Wildman–Crippen LogP) is 3.33. The van der Waals surface area contributed by atoms with Gasteiger partial charge in [-0.1, -0.05) is 29.8 Å². The summed E-state index contributed by atoms with van der Waals surface area (Å²) in [5.74, 6) is 0.786. The first kappa shape index (κ1) is 21.5. The van der Waals surface area contributed by atoms with Gasteiger partial charge in [0.15, 0.2) is 5.96 Å². The van der Waals surface area contributed by atoms with E-state index in [0.29, 0.717) is 5.15 Å². The van der Waals surface area contributed by atoms with E-state index in [1.165, 1.54) is 11.3 Å². The van der Waals surface area contributed by atoms with Crippen molar-refractivity contribution in [2.45, 2.75) is 13.0 Å². The number of nitrogens with one attached hydrogen (secondary N) is 2. The molecule has 25 heavy (non-hydrogen) atoms. The van der Waals surface area contributed by atoms with E-state index in [1.807, 2.05) is 20.2 Å². The Kier molecular flexibility index (Phi) is 9.59. The molecular formula is C18H25ClIN5. The number of hydrogen-bond acceptors (Lipinski definition) is 3. The molecule has 0 aliphatic heterocycles. The van der Waals surface area contributed by atoms with Crippen LogP contribution in [-0.4, -0.2) is 38.6 Å². The second kappa shape index (κ2) is 11.1. The van der Waals surface area contributed by atoms with E-state index in [1.54, 1.807) is 19.3 Å². The zero-order chi connectivity index (χ0) is 17.4. The number of guanidine groups is 1. The van der Waals surface area contributed by atoms with E-state index in [0.717, 1.165) is 31.0 Å². The summed E-state index contributed by atoms with van der Waals surface area (Å²) in [6.07, 6.45) is 2.66. The molecule has 0 aliphatic carbocycles. The topological polar surface area (TPSA) is 52.6 Å². The van der Waals surface area contributed by atoms with Crippen LogP contribution in [0, 0.1) is 0 Å². The van der Waals surface area contributed by atoms with Crippen molar-refractivity contribution in [3.8, 4) is 0 Å². The van der Waals surface area contributed by atoms with Crippen molar-refractivity contribution in [3.63, 3.8) is 0 Å². The lowest BCUT2D eigenvalue weighted by atomic mass is 10.2. The standard InChI is InChI=1S/C18H24ClN5.HI/c1-20-18(21-11-10-15-6-9-17(19)22-12-15)23-13-14-4-7-16(8-5-14)24(2)3;/h4-9,12H,10-11,13H2,1-3H3,(H2,20,21,23);1H. The number of halogens is 2. The summed E-state index contributed by atoms with van der Waals surface area (Å²) in [7, 11) is 5.85. The van der Waals surface area contributed by atoms with Gasteiger partial charge in [0, 0.05) is 46.1 Å². The Balaban J connectivity index is 0.00000312. The second-order valence-corrected chi connectivity index (χ2v) is 6.04. The molecule has 1 aromatic carbocycles. The molecule has 2 N–H and O–H groups in total. The third kappa shape index (κ3) is 7.48. The smallest absolute Gasteiger partial charge is 0.191 e. The van der Waals surface area contributed by atoms with Gasteiger partial charge < -0.3 is 15.5 Å². The quantitative estimate of drug-likeness (QED) is 0.292. The van der Waals surface area contributed by atoms with Crippen molar-refractivity contribution in [1.29, 1.82) is 0 Å². The van der Waals surface area contributed by atoms with E-state index >= 15 is 0 Å². The molecule has 0 unspecified atom stereocenters. The average molecular weight is 474 g/mol. The minimum absolute atomic E-state index is 0. The summed E-state index contributed by atoms with van der Waals surface area (Å²) >= 11 is 5.79. The Morgan fingerprint density at radius 2 is 1.76 bits per heavy atom. The molecule has 0 atom stereocenters. The number of hydrogen-bond donors (Lipinski definition) is 2. The summed E-state index contributed by atoms with van der Waals surface area (Å²) in [4.78, 5) is 10.4. The number of aromatic nitrogens is 1. The van der Waals surface area contributed by atoms with Gasteiger partial charge in [-0.05, 0) is 35.7 Å². The van der Waals surface area contributed by atoms with Crippen LogP contribution in [0.4, 0.5) is 5.69 Å². The number of benzene rings is 1. The fourth-order valence-electron chi connectivity index (χ4n) is 2.20. The van der Waals surface area contributed by atoms with Crippen LogP contribution in [0.2, 0.25) is 5.15 Å². The van der Waals surface area contributed by atoms with Crippen molar-refractivity contribution in [2.75, 3.05) is 32.6 Å². The summed E-state index contributed by atoms with van der Waals surface area (Å²) in [6.45, 7) is 1.51. The maximum Gasteiger partial charge on any atom is 0.191 e. The van der Waals surface area contributed by atoms with Gasteiger partial charge in [0.2, 0.25) is 0 Å². The van der Waals surface area contributed by atoms with Crippen LogP contribution in [0.25, 0.3) is 0 Å². The Labute approximate surface area is 171 Å². The van der Waals surface area contributed by atoms with Gasteiger partial charge in [0.25, 0.3) is 0 Å². The number of nitrogens with zero attached hydrogens (tertiary/aromatic N) is 3. The molecular weight excluding hydrogens is 449 g/mol. The molecule has 1 aromatic heterocycles. The monoisotopic (exact) mass is 473 g/mol. The molecule has 2 aromatic rings. The first-order valence-electron chi connectivity index (χ1n) is 7.89. The van der Waals surface area contributed by atoms with Crippen LogP contribution < -0.4 is 15.5 Å². The highest BCUT2D eigenvalue weighted by Gasteiger charge is 2.00. The van der Waals surface area contributed by atoms with Gasteiger partial charge in [-0.2, -0.15) is 0 Å². The van der Waals surface area contributed by atoms with Gasteiger partial charge >= 0.3 is 0 Å². The highest BCUT2D eigenvalue weighted by atomic mass is 127. The zero-order valence-corrected chi connectivity index (χ0v) is 17.9. The van der Waals surface area contributed by atoms with Crippen molar-refractivity contribution in [2.24, 2.45) is 4.99 Å². The van der Waals surface area contributed by atoms with E-state index in [2.05, 4.69) is 49.8 Å². The van der Waals surface area contributed by atoms with E-state index in [4.69, 9.17) is 11.6 Å². The lowest BCUT2D eigenvalue weighted by molar-refractivity contribution is 0.793. The van der Waals surface area contributed by atoms with Gasteiger partial charge in [-0.25, -0.2) is 4.98 Å². The Morgan fingerprint density at radius 1 is 1.08 bits per heavy atom. The Morgan fingerprint density at radius 3 is 2.32 bits per heavy atom. The SMILES string of the molecule is CN=C(NCCc1ccc(Cl)nc1)NCc1ccc(N(C)C)cc1.I.